The maximum absolute atomic E-state index is 6.01. The van der Waals surface area contributed by atoms with Crippen LogP contribution in [0.15, 0.2) is 60.9 Å². The predicted octanol–water partition coefficient (Wildman–Crippen LogP) is 5.50. The van der Waals surface area contributed by atoms with E-state index >= 15 is 0 Å². The molecule has 2 aromatic heterocycles. The van der Waals surface area contributed by atoms with Crippen LogP contribution in [0.5, 0.6) is 11.5 Å². The lowest BCUT2D eigenvalue weighted by atomic mass is 10.1. The van der Waals surface area contributed by atoms with E-state index in [9.17, 15) is 0 Å². The largest absolute Gasteiger partial charge is 0.493 e. The molecule has 0 radical (unpaired) electrons. The minimum atomic E-state index is 0.478. The Kier molecular flexibility index (Phi) is 7.69. The lowest BCUT2D eigenvalue weighted by Crippen LogP contribution is -2.37. The summed E-state index contributed by atoms with van der Waals surface area (Å²) in [6, 6.07) is 16.3. The van der Waals surface area contributed by atoms with Gasteiger partial charge in [-0.2, -0.15) is 4.98 Å². The summed E-state index contributed by atoms with van der Waals surface area (Å²) >= 11 is 0. The Morgan fingerprint density at radius 3 is 2.69 bits per heavy atom. The molecule has 0 amide bonds. The van der Waals surface area contributed by atoms with E-state index in [-0.39, 0.29) is 0 Å². The van der Waals surface area contributed by atoms with Gasteiger partial charge in [0.1, 0.15) is 5.82 Å². The van der Waals surface area contributed by atoms with E-state index < -0.39 is 0 Å². The van der Waals surface area contributed by atoms with Crippen LogP contribution >= 0.6 is 0 Å². The third-order valence-electron chi connectivity index (χ3n) is 7.08. The Balaban J connectivity index is 1.07. The van der Waals surface area contributed by atoms with Crippen LogP contribution in [0.2, 0.25) is 0 Å². The highest BCUT2D eigenvalue weighted by Crippen LogP contribution is 2.41. The fourth-order valence-electron chi connectivity index (χ4n) is 4.81. The molecule has 1 aliphatic heterocycles. The molecule has 9 heteroatoms. The van der Waals surface area contributed by atoms with Gasteiger partial charge in [0.2, 0.25) is 5.95 Å². The van der Waals surface area contributed by atoms with Crippen LogP contribution in [0, 0.1) is 0 Å². The lowest BCUT2D eigenvalue weighted by molar-refractivity contribution is 0.0357. The Bertz CT molecular complexity index is 1420. The fourth-order valence-corrected chi connectivity index (χ4v) is 4.81. The Morgan fingerprint density at radius 1 is 0.949 bits per heavy atom. The van der Waals surface area contributed by atoms with Gasteiger partial charge in [-0.1, -0.05) is 6.07 Å². The number of morpholine rings is 1. The first-order chi connectivity index (χ1) is 19.2. The van der Waals surface area contributed by atoms with Crippen LogP contribution in [0.25, 0.3) is 10.9 Å². The third-order valence-corrected chi connectivity index (χ3v) is 7.08. The van der Waals surface area contributed by atoms with Gasteiger partial charge in [0.05, 0.1) is 44.3 Å². The van der Waals surface area contributed by atoms with Gasteiger partial charge in [0, 0.05) is 43.0 Å². The average Bonchev–Trinajstić information content (AvgIpc) is 3.82. The van der Waals surface area contributed by atoms with Crippen LogP contribution < -0.4 is 20.1 Å². The van der Waals surface area contributed by atoms with E-state index in [1.807, 2.05) is 30.5 Å². The highest BCUT2D eigenvalue weighted by atomic mass is 16.5. The first kappa shape index (κ1) is 25.3. The van der Waals surface area contributed by atoms with Crippen LogP contribution in [0.4, 0.5) is 23.1 Å². The molecule has 1 aliphatic carbocycles. The molecule has 0 atom stereocenters. The summed E-state index contributed by atoms with van der Waals surface area (Å²) in [6.45, 7) is 5.24. The zero-order valence-corrected chi connectivity index (χ0v) is 22.2. The second-order valence-corrected chi connectivity index (χ2v) is 9.99. The van der Waals surface area contributed by atoms with Crippen LogP contribution in [0.1, 0.15) is 30.7 Å². The van der Waals surface area contributed by atoms with E-state index in [0.29, 0.717) is 30.0 Å². The molecule has 2 fully saturated rings. The van der Waals surface area contributed by atoms with E-state index in [1.165, 1.54) is 18.4 Å². The molecule has 39 heavy (non-hydrogen) atoms. The number of fused-ring (bicyclic) bond motifs is 1. The smallest absolute Gasteiger partial charge is 0.229 e. The van der Waals surface area contributed by atoms with E-state index in [4.69, 9.17) is 14.2 Å². The van der Waals surface area contributed by atoms with Gasteiger partial charge in [-0.25, -0.2) is 4.98 Å². The highest BCUT2D eigenvalue weighted by Gasteiger charge is 2.23. The second-order valence-electron chi connectivity index (χ2n) is 9.99. The van der Waals surface area contributed by atoms with Gasteiger partial charge in [0.25, 0.3) is 0 Å². The quantitative estimate of drug-likeness (QED) is 0.246. The van der Waals surface area contributed by atoms with Crippen molar-refractivity contribution >= 4 is 34.0 Å². The summed E-state index contributed by atoms with van der Waals surface area (Å²) in [4.78, 5) is 16.0. The zero-order valence-electron chi connectivity index (χ0n) is 22.2. The van der Waals surface area contributed by atoms with E-state index in [1.54, 1.807) is 13.3 Å². The number of nitrogens with zero attached hydrogens (tertiary/aromatic N) is 4. The average molecular weight is 527 g/mol. The van der Waals surface area contributed by atoms with Gasteiger partial charge in [0.15, 0.2) is 11.5 Å². The molecule has 6 rings (SSSR count). The fraction of sp³-hybridized carbons (Fsp3) is 0.367. The Labute approximate surface area is 228 Å². The number of methoxy groups -OCH3 is 1. The van der Waals surface area contributed by atoms with Crippen molar-refractivity contribution in [2.75, 3.05) is 57.2 Å². The van der Waals surface area contributed by atoms with Crippen LogP contribution in [-0.2, 0) is 4.74 Å². The van der Waals surface area contributed by atoms with Crippen molar-refractivity contribution < 1.29 is 14.2 Å². The number of hydrogen-bond donors (Lipinski definition) is 2. The SMILES string of the molecule is COc1cc(Nc2nccc(Nc3cnc4ccc(C5CC5)cc4c3)n2)ccc1OCCCN1CCOCC1. The van der Waals surface area contributed by atoms with Gasteiger partial charge >= 0.3 is 0 Å². The molecule has 4 aromatic rings. The number of rotatable bonds is 11. The van der Waals surface area contributed by atoms with Crippen LogP contribution in [-0.4, -0.2) is 66.4 Å². The number of hydrogen-bond acceptors (Lipinski definition) is 9. The van der Waals surface area contributed by atoms with E-state index in [2.05, 4.69) is 54.8 Å². The minimum absolute atomic E-state index is 0.478. The summed E-state index contributed by atoms with van der Waals surface area (Å²) < 4.78 is 17.0. The normalized spacial score (nSPS) is 15.7. The highest BCUT2D eigenvalue weighted by molar-refractivity contribution is 5.83. The monoisotopic (exact) mass is 526 g/mol. The topological polar surface area (TPSA) is 93.7 Å². The van der Waals surface area contributed by atoms with Crippen LogP contribution in [0.3, 0.4) is 0 Å². The molecule has 2 aromatic carbocycles. The summed E-state index contributed by atoms with van der Waals surface area (Å²) in [5, 5.41) is 7.76. The zero-order chi connectivity index (χ0) is 26.4. The van der Waals surface area contributed by atoms with Gasteiger partial charge in [-0.3, -0.25) is 9.88 Å². The molecule has 0 unspecified atom stereocenters. The molecule has 2 aliphatic rings. The van der Waals surface area contributed by atoms with Crippen molar-refractivity contribution in [1.82, 2.24) is 19.9 Å². The maximum Gasteiger partial charge on any atom is 0.229 e. The molecule has 9 nitrogen and oxygen atoms in total. The molecule has 202 valence electrons. The maximum atomic E-state index is 6.01. The van der Waals surface area contributed by atoms with Crippen molar-refractivity contribution in [3.8, 4) is 11.5 Å². The van der Waals surface area contributed by atoms with Gasteiger partial charge < -0.3 is 24.8 Å². The molecule has 2 N–H and O–H groups in total. The third kappa shape index (κ3) is 6.55. The van der Waals surface area contributed by atoms with Crippen molar-refractivity contribution in [2.24, 2.45) is 0 Å². The van der Waals surface area contributed by atoms with Crippen molar-refractivity contribution in [2.45, 2.75) is 25.2 Å². The molecule has 1 saturated carbocycles. The summed E-state index contributed by atoms with van der Waals surface area (Å²) in [5.74, 6) is 3.25. The number of nitrogens with one attached hydrogen (secondary N) is 2. The molecule has 0 bridgehead atoms. The number of ether oxygens (including phenoxy) is 3. The van der Waals surface area contributed by atoms with Crippen molar-refractivity contribution in [1.29, 1.82) is 0 Å². The number of benzene rings is 2. The lowest BCUT2D eigenvalue weighted by Gasteiger charge is -2.26. The Hall–Kier alpha value is -3.95. The standard InChI is InChI=1S/C30H34N6O3/c1-37-28-19-24(6-8-27(28)39-14-2-11-36-12-15-38-16-13-36)34-30-31-10-9-29(35-30)33-25-18-23-17-22(21-3-4-21)5-7-26(23)32-20-25/h5-10,17-21H,2-4,11-16H2,1H3,(H2,31,33,34,35). The number of pyridine rings is 1. The molecular weight excluding hydrogens is 492 g/mol. The summed E-state index contributed by atoms with van der Waals surface area (Å²) in [5.41, 5.74) is 4.09. The van der Waals surface area contributed by atoms with E-state index in [0.717, 1.165) is 67.3 Å². The molecule has 3 heterocycles. The first-order valence-electron chi connectivity index (χ1n) is 13.6. The van der Waals surface area contributed by atoms with Crippen molar-refractivity contribution in [3.63, 3.8) is 0 Å². The van der Waals surface area contributed by atoms with Crippen molar-refractivity contribution in [3.05, 3.63) is 66.5 Å². The summed E-state index contributed by atoms with van der Waals surface area (Å²) in [6.07, 6.45) is 7.07. The minimum Gasteiger partial charge on any atom is -0.493 e. The second kappa shape index (κ2) is 11.8. The molecule has 0 spiro atoms. The number of anilines is 4. The van der Waals surface area contributed by atoms with Gasteiger partial charge in [-0.15, -0.1) is 0 Å². The first-order valence-corrected chi connectivity index (χ1v) is 13.6. The van der Waals surface area contributed by atoms with Gasteiger partial charge in [-0.05, 0) is 67.1 Å². The number of aromatic nitrogens is 3. The molecule has 1 saturated heterocycles. The molecular formula is C30H34N6O3. The summed E-state index contributed by atoms with van der Waals surface area (Å²) in [7, 11) is 1.64. The Morgan fingerprint density at radius 2 is 1.85 bits per heavy atom. The predicted molar refractivity (Wildman–Crippen MR) is 153 cm³/mol.